The summed E-state index contributed by atoms with van der Waals surface area (Å²) in [4.78, 5) is 2.56. The summed E-state index contributed by atoms with van der Waals surface area (Å²) in [6.07, 6.45) is 6.68. The van der Waals surface area contributed by atoms with Crippen molar-refractivity contribution < 1.29 is 0 Å². The molecule has 1 fully saturated rings. The average Bonchev–Trinajstić information content (AvgIpc) is 2.91. The highest BCUT2D eigenvalue weighted by Gasteiger charge is 2.26. The van der Waals surface area contributed by atoms with Gasteiger partial charge in [-0.2, -0.15) is 0 Å². The van der Waals surface area contributed by atoms with Crippen molar-refractivity contribution in [3.8, 4) is 0 Å². The molecule has 21 heavy (non-hydrogen) atoms. The lowest BCUT2D eigenvalue weighted by Gasteiger charge is -2.35. The first kappa shape index (κ1) is 14.9. The van der Waals surface area contributed by atoms with E-state index in [-0.39, 0.29) is 0 Å². The van der Waals surface area contributed by atoms with E-state index in [2.05, 4.69) is 48.3 Å². The molecule has 0 spiro atoms. The molecule has 2 heteroatoms. The maximum Gasteiger partial charge on any atom is 0.0399 e. The molecule has 0 saturated heterocycles. The zero-order valence-electron chi connectivity index (χ0n) is 13.6. The maximum absolute atomic E-state index is 3.82. The number of benzene rings is 1. The van der Waals surface area contributed by atoms with E-state index in [1.54, 1.807) is 0 Å². The van der Waals surface area contributed by atoms with E-state index < -0.39 is 0 Å². The zero-order chi connectivity index (χ0) is 14.7. The third kappa shape index (κ3) is 3.42. The van der Waals surface area contributed by atoms with Gasteiger partial charge >= 0.3 is 0 Å². The van der Waals surface area contributed by atoms with E-state index >= 15 is 0 Å². The van der Waals surface area contributed by atoms with Gasteiger partial charge in [0, 0.05) is 24.8 Å². The minimum atomic E-state index is 0.750. The van der Waals surface area contributed by atoms with Crippen LogP contribution in [-0.2, 0) is 6.42 Å². The normalized spacial score (nSPS) is 28.7. The van der Waals surface area contributed by atoms with Gasteiger partial charge in [0.15, 0.2) is 0 Å². The first-order chi connectivity index (χ1) is 10.3. The number of hydrogen-bond donors (Lipinski definition) is 1. The number of rotatable bonds is 5. The third-order valence-corrected chi connectivity index (χ3v) is 5.70. The van der Waals surface area contributed by atoms with Crippen LogP contribution >= 0.6 is 0 Å². The van der Waals surface area contributed by atoms with Crippen molar-refractivity contribution in [3.05, 3.63) is 29.8 Å². The highest BCUT2D eigenvalue weighted by molar-refractivity contribution is 5.57. The lowest BCUT2D eigenvalue weighted by molar-refractivity contribution is 0.207. The summed E-state index contributed by atoms with van der Waals surface area (Å²) in [7, 11) is 0. The van der Waals surface area contributed by atoms with Gasteiger partial charge < -0.3 is 10.2 Å². The van der Waals surface area contributed by atoms with E-state index in [0.717, 1.165) is 17.9 Å². The van der Waals surface area contributed by atoms with Gasteiger partial charge in [0.2, 0.25) is 0 Å². The second-order valence-electron chi connectivity index (χ2n) is 7.05. The summed E-state index contributed by atoms with van der Waals surface area (Å²) in [5.74, 6) is 1.73. The van der Waals surface area contributed by atoms with Gasteiger partial charge in [-0.1, -0.05) is 44.9 Å². The van der Waals surface area contributed by atoms with Crippen LogP contribution in [0, 0.1) is 11.8 Å². The number of fused-ring (bicyclic) bond motifs is 1. The van der Waals surface area contributed by atoms with Crippen LogP contribution in [0.4, 0.5) is 5.69 Å². The molecule has 1 aromatic carbocycles. The number of nitrogens with zero attached hydrogens (tertiary/aromatic N) is 1. The predicted molar refractivity (Wildman–Crippen MR) is 90.9 cm³/mol. The Balaban J connectivity index is 1.41. The first-order valence-electron chi connectivity index (χ1n) is 8.82. The van der Waals surface area contributed by atoms with Gasteiger partial charge in [-0.15, -0.1) is 0 Å². The van der Waals surface area contributed by atoms with Crippen molar-refractivity contribution in [1.82, 2.24) is 5.32 Å². The lowest BCUT2D eigenvalue weighted by Crippen LogP contribution is -2.41. The van der Waals surface area contributed by atoms with Gasteiger partial charge in [0.25, 0.3) is 0 Å². The Kier molecular flexibility index (Phi) is 4.84. The fourth-order valence-corrected chi connectivity index (χ4v) is 4.07. The van der Waals surface area contributed by atoms with Crippen LogP contribution in [0.3, 0.4) is 0 Å². The fourth-order valence-electron chi connectivity index (χ4n) is 4.07. The minimum Gasteiger partial charge on any atom is -0.371 e. The molecule has 0 radical (unpaired) electrons. The highest BCUT2D eigenvalue weighted by Crippen LogP contribution is 2.30. The molecule has 1 aliphatic carbocycles. The van der Waals surface area contributed by atoms with E-state index in [0.29, 0.717) is 0 Å². The monoisotopic (exact) mass is 286 g/mol. The van der Waals surface area contributed by atoms with Gasteiger partial charge in [-0.05, 0) is 49.3 Å². The van der Waals surface area contributed by atoms with Crippen molar-refractivity contribution >= 4 is 5.69 Å². The Morgan fingerprint density at radius 1 is 1.19 bits per heavy atom. The molecule has 3 atom stereocenters. The fraction of sp³-hybridized carbons (Fsp3) is 0.684. The molecule has 1 aliphatic heterocycles. The zero-order valence-corrected chi connectivity index (χ0v) is 13.6. The Labute approximate surface area is 129 Å². The Hall–Kier alpha value is -1.02. The molecule has 3 unspecified atom stereocenters. The Morgan fingerprint density at radius 3 is 2.95 bits per heavy atom. The predicted octanol–water partition coefficient (Wildman–Crippen LogP) is 3.85. The van der Waals surface area contributed by atoms with Crippen LogP contribution < -0.4 is 10.2 Å². The second kappa shape index (κ2) is 6.83. The van der Waals surface area contributed by atoms with E-state index in [1.807, 2.05) is 0 Å². The number of nitrogens with one attached hydrogen (secondary N) is 1. The number of anilines is 1. The first-order valence-corrected chi connectivity index (χ1v) is 8.82. The van der Waals surface area contributed by atoms with Gasteiger partial charge in [-0.25, -0.2) is 0 Å². The SMILES string of the molecule is CC1CCCC(NCCCN2CCc3ccccc32)C1C. The molecule has 1 N–H and O–H groups in total. The molecule has 2 aliphatic rings. The molecule has 0 bridgehead atoms. The summed E-state index contributed by atoms with van der Waals surface area (Å²) < 4.78 is 0. The van der Waals surface area contributed by atoms with Gasteiger partial charge in [0.05, 0.1) is 0 Å². The molecule has 1 aromatic rings. The molecule has 3 rings (SSSR count). The number of hydrogen-bond acceptors (Lipinski definition) is 2. The van der Waals surface area contributed by atoms with E-state index in [4.69, 9.17) is 0 Å². The Morgan fingerprint density at radius 2 is 2.05 bits per heavy atom. The van der Waals surface area contributed by atoms with Gasteiger partial charge in [0.1, 0.15) is 0 Å². The van der Waals surface area contributed by atoms with Crippen molar-refractivity contribution in [3.63, 3.8) is 0 Å². The molecule has 0 amide bonds. The van der Waals surface area contributed by atoms with Crippen LogP contribution in [0.25, 0.3) is 0 Å². The summed E-state index contributed by atoms with van der Waals surface area (Å²) in [5.41, 5.74) is 3.00. The Bertz CT molecular complexity index is 457. The molecule has 2 nitrogen and oxygen atoms in total. The quantitative estimate of drug-likeness (QED) is 0.827. The summed E-state index contributed by atoms with van der Waals surface area (Å²) in [5, 5.41) is 3.82. The minimum absolute atomic E-state index is 0.750. The van der Waals surface area contributed by atoms with Gasteiger partial charge in [-0.3, -0.25) is 0 Å². The van der Waals surface area contributed by atoms with Crippen LogP contribution in [-0.4, -0.2) is 25.7 Å². The van der Waals surface area contributed by atoms with E-state index in [1.165, 1.54) is 63.0 Å². The molecule has 0 aromatic heterocycles. The largest absolute Gasteiger partial charge is 0.371 e. The summed E-state index contributed by atoms with van der Waals surface area (Å²) in [6, 6.07) is 9.63. The smallest absolute Gasteiger partial charge is 0.0399 e. The highest BCUT2D eigenvalue weighted by atomic mass is 15.1. The lowest BCUT2D eigenvalue weighted by atomic mass is 9.78. The van der Waals surface area contributed by atoms with Crippen molar-refractivity contribution in [2.24, 2.45) is 11.8 Å². The second-order valence-corrected chi connectivity index (χ2v) is 7.05. The molecular formula is C19H30N2. The third-order valence-electron chi connectivity index (χ3n) is 5.70. The van der Waals surface area contributed by atoms with Crippen molar-refractivity contribution in [1.29, 1.82) is 0 Å². The van der Waals surface area contributed by atoms with Crippen molar-refractivity contribution in [2.75, 3.05) is 24.5 Å². The van der Waals surface area contributed by atoms with Crippen LogP contribution in [0.2, 0.25) is 0 Å². The summed E-state index contributed by atoms with van der Waals surface area (Å²) in [6.45, 7) is 8.41. The van der Waals surface area contributed by atoms with Crippen molar-refractivity contribution in [2.45, 2.75) is 52.0 Å². The number of para-hydroxylation sites is 1. The van der Waals surface area contributed by atoms with Crippen LogP contribution in [0.5, 0.6) is 0 Å². The molecular weight excluding hydrogens is 256 g/mol. The maximum atomic E-state index is 3.82. The van der Waals surface area contributed by atoms with E-state index in [9.17, 15) is 0 Å². The average molecular weight is 286 g/mol. The molecule has 1 heterocycles. The van der Waals surface area contributed by atoms with Crippen LogP contribution in [0.1, 0.15) is 45.1 Å². The van der Waals surface area contributed by atoms with Crippen LogP contribution in [0.15, 0.2) is 24.3 Å². The summed E-state index contributed by atoms with van der Waals surface area (Å²) >= 11 is 0. The molecule has 116 valence electrons. The molecule has 1 saturated carbocycles. The standard InChI is InChI=1S/C19H30N2/c1-15-7-5-9-18(16(15)2)20-12-6-13-21-14-11-17-8-3-4-10-19(17)21/h3-4,8,10,15-16,18,20H,5-7,9,11-14H2,1-2H3. The topological polar surface area (TPSA) is 15.3 Å².